The van der Waals surface area contributed by atoms with Gasteiger partial charge >= 0.3 is 0 Å². The van der Waals surface area contributed by atoms with Crippen LogP contribution in [0.25, 0.3) is 10.9 Å². The van der Waals surface area contributed by atoms with E-state index in [2.05, 4.69) is 30.7 Å². The van der Waals surface area contributed by atoms with Crippen LogP contribution >= 0.6 is 11.6 Å². The minimum Gasteiger partial charge on any atom is -0.478 e. The molecule has 0 aliphatic carbocycles. The molecule has 8 rings (SSSR count). The average Bonchev–Trinajstić information content (AvgIpc) is 3.51. The van der Waals surface area contributed by atoms with Crippen LogP contribution in [0.2, 0.25) is 5.02 Å². The summed E-state index contributed by atoms with van der Waals surface area (Å²) < 4.78 is 13.6. The fourth-order valence-corrected chi connectivity index (χ4v) is 8.54. The molecule has 5 amide bonds. The van der Waals surface area contributed by atoms with Crippen LogP contribution in [-0.2, 0) is 25.7 Å². The van der Waals surface area contributed by atoms with Gasteiger partial charge in [-0.25, -0.2) is 4.98 Å². The summed E-state index contributed by atoms with van der Waals surface area (Å²) in [7, 11) is 1.50. The summed E-state index contributed by atoms with van der Waals surface area (Å²) in [6.45, 7) is 5.45. The van der Waals surface area contributed by atoms with Gasteiger partial charge in [-0.05, 0) is 81.3 Å². The number of aromatic nitrogens is 3. The van der Waals surface area contributed by atoms with Crippen LogP contribution in [-0.4, -0.2) is 108 Å². The molecule has 2 aromatic heterocycles. The molecule has 1 atom stereocenters. The summed E-state index contributed by atoms with van der Waals surface area (Å²) in [6.07, 6.45) is 5.16. The summed E-state index contributed by atoms with van der Waals surface area (Å²) in [5.74, 6) is -0.926. The quantitative estimate of drug-likeness (QED) is 0.175. The SMILES string of the molecule is CCn1c(=O)c(OCC(=O)NC)cc2cc(Nc3nc(N4CCC(COC5CCN(c6cccc7c6C(=O)N(C6CCC(=O)NC6=O)C7=O)CC5)CC4)ncc3Cl)ccc21. The summed E-state index contributed by atoms with van der Waals surface area (Å²) in [6, 6.07) is 11.4. The number of benzene rings is 2. The molecule has 0 saturated carbocycles. The van der Waals surface area contributed by atoms with Gasteiger partial charge < -0.3 is 34.5 Å². The molecule has 0 radical (unpaired) electrons. The molecule has 0 spiro atoms. The van der Waals surface area contributed by atoms with Crippen LogP contribution in [0.1, 0.15) is 66.2 Å². The maximum atomic E-state index is 13.6. The van der Waals surface area contributed by atoms with E-state index in [0.717, 1.165) is 54.6 Å². The van der Waals surface area contributed by atoms with Crippen molar-refractivity contribution < 1.29 is 33.4 Å². The summed E-state index contributed by atoms with van der Waals surface area (Å²) in [5, 5.41) is 9.13. The Morgan fingerprint density at radius 2 is 1.72 bits per heavy atom. The first-order valence-electron chi connectivity index (χ1n) is 20.3. The van der Waals surface area contributed by atoms with Gasteiger partial charge in [-0.1, -0.05) is 17.7 Å². The third-order valence-corrected chi connectivity index (χ3v) is 12.0. The molecule has 60 heavy (non-hydrogen) atoms. The van der Waals surface area contributed by atoms with E-state index in [4.69, 9.17) is 26.1 Å². The maximum absolute atomic E-state index is 13.6. The van der Waals surface area contributed by atoms with E-state index >= 15 is 0 Å². The topological polar surface area (TPSA) is 197 Å². The highest BCUT2D eigenvalue weighted by Crippen LogP contribution is 2.36. The lowest BCUT2D eigenvalue weighted by Gasteiger charge is -2.36. The lowest BCUT2D eigenvalue weighted by molar-refractivity contribution is -0.136. The van der Waals surface area contributed by atoms with Crippen molar-refractivity contribution in [2.75, 3.05) is 61.6 Å². The number of piperidine rings is 3. The summed E-state index contributed by atoms with van der Waals surface area (Å²) in [5.41, 5.74) is 2.37. The standard InChI is InChI=1S/C42H46ClN9O8/c1-3-51-30-8-7-26(19-25(30)20-33(40(51)57)60-23-35(54)44-2)46-37-29(43)21-45-42(48-37)50-15-11-24(12-16-50)22-59-27-13-17-49(18-14-27)31-6-4-5-28-36(31)41(58)52(39(28)56)32-9-10-34(53)47-38(32)55/h4-8,19-21,24,27,32H,3,9-18,22-23H2,1-2H3,(H,44,54)(H,45,46,48)(H,47,53,55). The fourth-order valence-electron chi connectivity index (χ4n) is 8.40. The number of nitrogens with one attached hydrogen (secondary N) is 3. The van der Waals surface area contributed by atoms with Crippen LogP contribution in [0.4, 0.5) is 23.1 Å². The normalized spacial score (nSPS) is 18.9. The monoisotopic (exact) mass is 839 g/mol. The van der Waals surface area contributed by atoms with Crippen molar-refractivity contribution in [3.8, 4) is 5.75 Å². The lowest BCUT2D eigenvalue weighted by Crippen LogP contribution is -2.54. The van der Waals surface area contributed by atoms with Crippen LogP contribution < -0.4 is 36.0 Å². The zero-order valence-electron chi connectivity index (χ0n) is 33.4. The zero-order valence-corrected chi connectivity index (χ0v) is 34.1. The van der Waals surface area contributed by atoms with Crippen LogP contribution in [0.5, 0.6) is 5.75 Å². The second-order valence-corrected chi connectivity index (χ2v) is 15.8. The van der Waals surface area contributed by atoms with E-state index in [1.807, 2.05) is 31.2 Å². The lowest BCUT2D eigenvalue weighted by atomic mass is 9.97. The summed E-state index contributed by atoms with van der Waals surface area (Å²) in [4.78, 5) is 90.5. The van der Waals surface area contributed by atoms with Crippen molar-refractivity contribution >= 4 is 75.2 Å². The van der Waals surface area contributed by atoms with Gasteiger partial charge in [-0.3, -0.25) is 39.0 Å². The van der Waals surface area contributed by atoms with E-state index in [1.54, 1.807) is 29.0 Å². The molecule has 3 saturated heterocycles. The van der Waals surface area contributed by atoms with Gasteiger partial charge in [0.15, 0.2) is 18.2 Å². The van der Waals surface area contributed by atoms with Gasteiger partial charge in [0.2, 0.25) is 17.8 Å². The fraction of sp³-hybridized carbons (Fsp3) is 0.429. The van der Waals surface area contributed by atoms with E-state index in [0.29, 0.717) is 65.9 Å². The Morgan fingerprint density at radius 3 is 2.45 bits per heavy atom. The van der Waals surface area contributed by atoms with Crippen molar-refractivity contribution in [2.24, 2.45) is 5.92 Å². The largest absolute Gasteiger partial charge is 0.478 e. The highest BCUT2D eigenvalue weighted by atomic mass is 35.5. The molecule has 4 aliphatic rings. The van der Waals surface area contributed by atoms with Gasteiger partial charge in [0.25, 0.3) is 23.3 Å². The van der Waals surface area contributed by atoms with E-state index in [9.17, 15) is 28.8 Å². The first-order chi connectivity index (χ1) is 29.0. The molecule has 4 aromatic rings. The average molecular weight is 840 g/mol. The number of hydrogen-bond acceptors (Lipinski definition) is 13. The number of carbonyl (C=O) groups is 5. The third kappa shape index (κ3) is 8.10. The van der Waals surface area contributed by atoms with Gasteiger partial charge in [-0.2, -0.15) is 4.98 Å². The molecular formula is C42H46ClN9O8. The van der Waals surface area contributed by atoms with Crippen molar-refractivity contribution in [3.05, 3.63) is 75.2 Å². The van der Waals surface area contributed by atoms with Crippen molar-refractivity contribution in [3.63, 3.8) is 0 Å². The molecule has 18 heteroatoms. The number of hydrogen-bond donors (Lipinski definition) is 3. The van der Waals surface area contributed by atoms with E-state index < -0.39 is 29.7 Å². The Balaban J connectivity index is 0.839. The molecular weight excluding hydrogens is 794 g/mol. The van der Waals surface area contributed by atoms with E-state index in [1.165, 1.54) is 7.05 Å². The maximum Gasteiger partial charge on any atom is 0.293 e. The van der Waals surface area contributed by atoms with Crippen LogP contribution in [0.15, 0.2) is 53.5 Å². The highest BCUT2D eigenvalue weighted by molar-refractivity contribution is 6.33. The van der Waals surface area contributed by atoms with Gasteiger partial charge in [0.05, 0.1) is 34.6 Å². The van der Waals surface area contributed by atoms with Gasteiger partial charge in [0, 0.05) is 63.9 Å². The Hall–Kier alpha value is -6.07. The molecule has 17 nitrogen and oxygen atoms in total. The Labute approximate surface area is 350 Å². The number of amides is 5. The Bertz CT molecular complexity index is 2430. The second-order valence-electron chi connectivity index (χ2n) is 15.4. The molecule has 4 aliphatic heterocycles. The minimum atomic E-state index is -1.01. The zero-order chi connectivity index (χ0) is 42.1. The third-order valence-electron chi connectivity index (χ3n) is 11.7. The molecule has 3 fully saturated rings. The number of pyridine rings is 1. The molecule has 2 aromatic carbocycles. The molecule has 1 unspecified atom stereocenters. The van der Waals surface area contributed by atoms with Crippen molar-refractivity contribution in [1.29, 1.82) is 0 Å². The smallest absolute Gasteiger partial charge is 0.293 e. The van der Waals surface area contributed by atoms with Crippen LogP contribution in [0.3, 0.4) is 0 Å². The molecule has 3 N–H and O–H groups in total. The number of aryl methyl sites for hydroxylation is 1. The van der Waals surface area contributed by atoms with Crippen molar-refractivity contribution in [1.82, 2.24) is 30.1 Å². The predicted octanol–water partition coefficient (Wildman–Crippen LogP) is 3.64. The minimum absolute atomic E-state index is 0.0628. The van der Waals surface area contributed by atoms with E-state index in [-0.39, 0.29) is 48.3 Å². The van der Waals surface area contributed by atoms with Gasteiger partial charge in [-0.15, -0.1) is 0 Å². The first-order valence-corrected chi connectivity index (χ1v) is 20.7. The van der Waals surface area contributed by atoms with Gasteiger partial charge in [0.1, 0.15) is 11.1 Å². The summed E-state index contributed by atoms with van der Waals surface area (Å²) >= 11 is 6.56. The number of carbonyl (C=O) groups excluding carboxylic acids is 5. The first kappa shape index (κ1) is 40.7. The number of nitrogens with zero attached hydrogens (tertiary/aromatic N) is 6. The molecule has 0 bridgehead atoms. The highest BCUT2D eigenvalue weighted by Gasteiger charge is 2.46. The number of ether oxygens (including phenoxy) is 2. The Morgan fingerprint density at radius 1 is 0.950 bits per heavy atom. The number of imide groups is 2. The second kappa shape index (κ2) is 17.3. The predicted molar refractivity (Wildman–Crippen MR) is 223 cm³/mol. The number of likely N-dealkylation sites (N-methyl/N-ethyl adjacent to an activating group) is 1. The number of halogens is 1. The number of fused-ring (bicyclic) bond motifs is 2. The number of rotatable bonds is 12. The Kier molecular flexibility index (Phi) is 11.7. The van der Waals surface area contributed by atoms with Crippen LogP contribution in [0, 0.1) is 5.92 Å². The van der Waals surface area contributed by atoms with Crippen molar-refractivity contribution in [2.45, 2.75) is 64.1 Å². The number of anilines is 4. The molecule has 314 valence electrons. The molecule has 6 heterocycles.